The van der Waals surface area contributed by atoms with E-state index in [0.29, 0.717) is 41.6 Å². The minimum Gasteiger partial charge on any atom is -0.493 e. The van der Waals surface area contributed by atoms with E-state index in [0.717, 1.165) is 10.2 Å². The molecule has 0 aliphatic heterocycles. The molecule has 9 nitrogen and oxygen atoms in total. The van der Waals surface area contributed by atoms with Crippen molar-refractivity contribution in [3.63, 3.8) is 0 Å². The maximum atomic E-state index is 12.5. The average molecular weight is 458 g/mol. The number of nitro benzene ring substituents is 1. The third kappa shape index (κ3) is 5.40. The Bertz CT molecular complexity index is 1210. The van der Waals surface area contributed by atoms with E-state index in [-0.39, 0.29) is 5.69 Å². The number of amides is 1. The molecular weight excluding hydrogens is 434 g/mol. The Morgan fingerprint density at radius 2 is 1.88 bits per heavy atom. The van der Waals surface area contributed by atoms with Gasteiger partial charge in [-0.15, -0.1) is 0 Å². The Balaban J connectivity index is 1.96. The zero-order chi connectivity index (χ0) is 23.1. The summed E-state index contributed by atoms with van der Waals surface area (Å²) >= 11 is 1.36. The normalized spacial score (nSPS) is 11.9. The number of ether oxygens (including phenoxy) is 3. The predicted octanol–water partition coefficient (Wildman–Crippen LogP) is 3.81. The maximum Gasteiger partial charge on any atom is 0.272 e. The quantitative estimate of drug-likeness (QED) is 0.209. The Morgan fingerprint density at radius 3 is 2.50 bits per heavy atom. The second-order valence-electron chi connectivity index (χ2n) is 6.54. The van der Waals surface area contributed by atoms with Crippen molar-refractivity contribution in [2.45, 2.75) is 13.5 Å². The van der Waals surface area contributed by atoms with Gasteiger partial charge in [0.15, 0.2) is 16.3 Å². The molecule has 0 fully saturated rings. The number of aromatic nitrogens is 1. The fourth-order valence-electron chi connectivity index (χ4n) is 3.00. The number of thiazole rings is 1. The Morgan fingerprint density at radius 1 is 1.19 bits per heavy atom. The van der Waals surface area contributed by atoms with Gasteiger partial charge in [0.05, 0.1) is 36.0 Å². The van der Waals surface area contributed by atoms with Gasteiger partial charge in [-0.2, -0.15) is 4.99 Å². The number of carbonyl (C=O) groups is 1. The maximum absolute atomic E-state index is 12.5. The summed E-state index contributed by atoms with van der Waals surface area (Å²) in [6.07, 6.45) is 2.90. The highest BCUT2D eigenvalue weighted by atomic mass is 32.1. The number of non-ortho nitro benzene ring substituents is 1. The zero-order valence-electron chi connectivity index (χ0n) is 17.9. The van der Waals surface area contributed by atoms with E-state index in [1.807, 2.05) is 23.6 Å². The SMILES string of the molecule is CCOCCn1c(=NC(=O)/C=C\c2ccc([N+](=O)[O-])cc2)sc2cc(OC)c(OC)cc21. The topological polar surface area (TPSA) is 105 Å². The van der Waals surface area contributed by atoms with Crippen molar-refractivity contribution in [1.29, 1.82) is 0 Å². The number of benzene rings is 2. The van der Waals surface area contributed by atoms with Gasteiger partial charge in [0.2, 0.25) is 0 Å². The molecule has 0 saturated heterocycles. The van der Waals surface area contributed by atoms with E-state index in [2.05, 4.69) is 4.99 Å². The molecule has 0 aliphatic carbocycles. The second kappa shape index (κ2) is 10.7. The molecule has 10 heteroatoms. The minimum atomic E-state index is -0.472. The summed E-state index contributed by atoms with van der Waals surface area (Å²) in [7, 11) is 3.14. The molecule has 1 amide bonds. The summed E-state index contributed by atoms with van der Waals surface area (Å²) in [6, 6.07) is 9.62. The van der Waals surface area contributed by atoms with Crippen LogP contribution in [-0.4, -0.2) is 42.8 Å². The average Bonchev–Trinajstić information content (AvgIpc) is 3.12. The molecule has 168 valence electrons. The van der Waals surface area contributed by atoms with Gasteiger partial charge in [-0.3, -0.25) is 14.9 Å². The summed E-state index contributed by atoms with van der Waals surface area (Å²) in [5, 5.41) is 10.8. The van der Waals surface area contributed by atoms with Crippen molar-refractivity contribution in [2.24, 2.45) is 4.99 Å². The molecule has 0 atom stereocenters. The van der Waals surface area contributed by atoms with Crippen LogP contribution in [0.2, 0.25) is 0 Å². The van der Waals surface area contributed by atoms with Crippen LogP contribution in [0.3, 0.4) is 0 Å². The summed E-state index contributed by atoms with van der Waals surface area (Å²) in [4.78, 5) is 27.6. The van der Waals surface area contributed by atoms with Crippen LogP contribution in [0.15, 0.2) is 47.5 Å². The lowest BCUT2D eigenvalue weighted by atomic mass is 10.2. The van der Waals surface area contributed by atoms with Crippen molar-refractivity contribution in [1.82, 2.24) is 4.57 Å². The zero-order valence-corrected chi connectivity index (χ0v) is 18.8. The van der Waals surface area contributed by atoms with E-state index in [4.69, 9.17) is 14.2 Å². The van der Waals surface area contributed by atoms with Crippen LogP contribution in [0.1, 0.15) is 12.5 Å². The number of nitrogens with zero attached hydrogens (tertiary/aromatic N) is 3. The first kappa shape index (κ1) is 23.2. The molecular formula is C22H23N3O6S. The third-order valence-corrected chi connectivity index (χ3v) is 5.62. The van der Waals surface area contributed by atoms with E-state index < -0.39 is 10.8 Å². The highest BCUT2D eigenvalue weighted by Crippen LogP contribution is 2.33. The Kier molecular flexibility index (Phi) is 7.74. The molecule has 0 spiro atoms. The van der Waals surface area contributed by atoms with Gasteiger partial charge in [-0.05, 0) is 30.7 Å². The van der Waals surface area contributed by atoms with Crippen LogP contribution < -0.4 is 14.3 Å². The number of nitro groups is 1. The number of rotatable bonds is 9. The Hall–Kier alpha value is -3.50. The first-order valence-corrected chi connectivity index (χ1v) is 10.6. The van der Waals surface area contributed by atoms with Gasteiger partial charge < -0.3 is 18.8 Å². The molecule has 3 rings (SSSR count). The van der Waals surface area contributed by atoms with Crippen molar-refractivity contribution in [2.75, 3.05) is 27.4 Å². The second-order valence-corrected chi connectivity index (χ2v) is 7.55. The van der Waals surface area contributed by atoms with Crippen molar-refractivity contribution in [3.8, 4) is 11.5 Å². The summed E-state index contributed by atoms with van der Waals surface area (Å²) in [5.41, 5.74) is 1.51. The number of methoxy groups -OCH3 is 2. The highest BCUT2D eigenvalue weighted by molar-refractivity contribution is 7.16. The van der Waals surface area contributed by atoms with E-state index in [9.17, 15) is 14.9 Å². The lowest BCUT2D eigenvalue weighted by molar-refractivity contribution is -0.384. The standard InChI is InChI=1S/C22H23N3O6S/c1-4-31-12-11-24-17-13-18(29-2)19(30-3)14-20(17)32-22(24)23-21(26)10-7-15-5-8-16(9-6-15)25(27)28/h5-10,13-14H,4,11-12H2,1-3H3/b10-7-,23-22?. The summed E-state index contributed by atoms with van der Waals surface area (Å²) < 4.78 is 19.1. The van der Waals surface area contributed by atoms with Gasteiger partial charge in [-0.1, -0.05) is 11.3 Å². The Labute approximate surface area is 188 Å². The molecule has 2 aromatic carbocycles. The van der Waals surface area contributed by atoms with Gasteiger partial charge in [0, 0.05) is 43.5 Å². The molecule has 1 aromatic heterocycles. The van der Waals surface area contributed by atoms with Crippen molar-refractivity contribution >= 4 is 39.2 Å². The lowest BCUT2D eigenvalue weighted by Gasteiger charge is -2.09. The number of hydrogen-bond acceptors (Lipinski definition) is 7. The van der Waals surface area contributed by atoms with Crippen molar-refractivity contribution < 1.29 is 23.9 Å². The molecule has 3 aromatic rings. The van der Waals surface area contributed by atoms with Crippen LogP contribution in [0, 0.1) is 10.1 Å². The number of fused-ring (bicyclic) bond motifs is 1. The summed E-state index contributed by atoms with van der Waals surface area (Å²) in [6.45, 7) is 3.49. The van der Waals surface area contributed by atoms with Crippen LogP contribution in [0.5, 0.6) is 11.5 Å². The monoisotopic (exact) mass is 457 g/mol. The molecule has 0 saturated carbocycles. The molecule has 0 aliphatic rings. The van der Waals surface area contributed by atoms with Crippen LogP contribution in [0.4, 0.5) is 5.69 Å². The van der Waals surface area contributed by atoms with Crippen LogP contribution >= 0.6 is 11.3 Å². The largest absolute Gasteiger partial charge is 0.493 e. The minimum absolute atomic E-state index is 0.00960. The molecule has 0 bridgehead atoms. The van der Waals surface area contributed by atoms with Gasteiger partial charge in [0.1, 0.15) is 0 Å². The first-order chi connectivity index (χ1) is 15.5. The number of hydrogen-bond donors (Lipinski definition) is 0. The fraction of sp³-hybridized carbons (Fsp3) is 0.273. The summed E-state index contributed by atoms with van der Waals surface area (Å²) in [5.74, 6) is 0.729. The molecule has 32 heavy (non-hydrogen) atoms. The van der Waals surface area contributed by atoms with E-state index in [1.165, 1.54) is 29.5 Å². The highest BCUT2D eigenvalue weighted by Gasteiger charge is 2.13. The van der Waals surface area contributed by atoms with Crippen LogP contribution in [-0.2, 0) is 16.1 Å². The molecule has 1 heterocycles. The van der Waals surface area contributed by atoms with Gasteiger partial charge in [-0.25, -0.2) is 0 Å². The van der Waals surface area contributed by atoms with Gasteiger partial charge >= 0.3 is 0 Å². The fourth-order valence-corrected chi connectivity index (χ4v) is 4.08. The van der Waals surface area contributed by atoms with Gasteiger partial charge in [0.25, 0.3) is 11.6 Å². The van der Waals surface area contributed by atoms with E-state index in [1.54, 1.807) is 32.4 Å². The third-order valence-electron chi connectivity index (χ3n) is 4.58. The lowest BCUT2D eigenvalue weighted by Crippen LogP contribution is -2.19. The first-order valence-electron chi connectivity index (χ1n) is 9.81. The van der Waals surface area contributed by atoms with Crippen molar-refractivity contribution in [3.05, 3.63) is 63.0 Å². The smallest absolute Gasteiger partial charge is 0.272 e. The number of carbonyl (C=O) groups excluding carboxylic acids is 1. The van der Waals surface area contributed by atoms with E-state index >= 15 is 0 Å². The van der Waals surface area contributed by atoms with Crippen LogP contribution in [0.25, 0.3) is 16.3 Å². The predicted molar refractivity (Wildman–Crippen MR) is 122 cm³/mol. The molecule has 0 unspecified atom stereocenters. The molecule has 0 radical (unpaired) electrons. The molecule has 0 N–H and O–H groups in total.